The summed E-state index contributed by atoms with van der Waals surface area (Å²) in [6, 6.07) is 7.85. The molecule has 0 atom stereocenters. The van der Waals surface area contributed by atoms with Gasteiger partial charge in [0.2, 0.25) is 10.9 Å². The number of ether oxygens (including phenoxy) is 1. The van der Waals surface area contributed by atoms with E-state index in [-0.39, 0.29) is 23.7 Å². The minimum absolute atomic E-state index is 0.148. The first kappa shape index (κ1) is 20.7. The Balaban J connectivity index is 1.57. The summed E-state index contributed by atoms with van der Waals surface area (Å²) in [4.78, 5) is 20.9. The minimum atomic E-state index is -0.518. The van der Waals surface area contributed by atoms with Crippen molar-refractivity contribution >= 4 is 34.6 Å². The maximum atomic E-state index is 12.2. The molecule has 0 saturated heterocycles. The lowest BCUT2D eigenvalue weighted by Gasteiger charge is -2.05. The van der Waals surface area contributed by atoms with Crippen LogP contribution in [0.15, 0.2) is 33.8 Å². The van der Waals surface area contributed by atoms with E-state index in [2.05, 4.69) is 20.2 Å². The standard InChI is InChI=1S/C20H21N7O3S/c1-4-29-19(28)14-11(3)30-18-15(14)16(21)23-13(24-18)9-31-20-26-25-17(27(20)22)12-7-5-10(2)6-8-12/h5-8H,4,9,22H2,1-3H3,(H2,21,23,24). The van der Waals surface area contributed by atoms with Gasteiger partial charge in [-0.2, -0.15) is 4.98 Å². The van der Waals surface area contributed by atoms with E-state index in [0.29, 0.717) is 33.7 Å². The Hall–Kier alpha value is -3.60. The molecule has 3 aromatic heterocycles. The number of aromatic nitrogens is 5. The molecule has 0 aliphatic rings. The quantitative estimate of drug-likeness (QED) is 0.261. The first-order valence-corrected chi connectivity index (χ1v) is 10.5. The lowest BCUT2D eigenvalue weighted by atomic mass is 10.1. The zero-order chi connectivity index (χ0) is 22.1. The largest absolute Gasteiger partial charge is 0.462 e. The van der Waals surface area contributed by atoms with Crippen molar-refractivity contribution in [1.82, 2.24) is 24.8 Å². The fourth-order valence-corrected chi connectivity index (χ4v) is 3.81. The molecule has 3 heterocycles. The van der Waals surface area contributed by atoms with Gasteiger partial charge in [0.25, 0.3) is 0 Å². The van der Waals surface area contributed by atoms with Crippen LogP contribution in [0.1, 0.15) is 34.4 Å². The van der Waals surface area contributed by atoms with E-state index >= 15 is 0 Å². The summed E-state index contributed by atoms with van der Waals surface area (Å²) in [5, 5.41) is 9.19. The molecule has 0 unspecified atom stereocenters. The molecule has 0 saturated carbocycles. The Morgan fingerprint density at radius 3 is 2.65 bits per heavy atom. The van der Waals surface area contributed by atoms with Crippen LogP contribution in [0.3, 0.4) is 0 Å². The molecule has 31 heavy (non-hydrogen) atoms. The van der Waals surface area contributed by atoms with Gasteiger partial charge in [0.05, 0.1) is 17.7 Å². The molecule has 0 spiro atoms. The van der Waals surface area contributed by atoms with Gasteiger partial charge in [-0.15, -0.1) is 10.2 Å². The van der Waals surface area contributed by atoms with Crippen molar-refractivity contribution < 1.29 is 13.9 Å². The van der Waals surface area contributed by atoms with Crippen molar-refractivity contribution in [2.45, 2.75) is 31.7 Å². The molecule has 4 N–H and O–H groups in total. The number of carbonyl (C=O) groups is 1. The van der Waals surface area contributed by atoms with E-state index in [9.17, 15) is 4.79 Å². The van der Waals surface area contributed by atoms with Gasteiger partial charge < -0.3 is 20.7 Å². The number of nitrogen functional groups attached to an aromatic ring is 2. The van der Waals surface area contributed by atoms with E-state index in [1.54, 1.807) is 13.8 Å². The summed E-state index contributed by atoms with van der Waals surface area (Å²) in [5.41, 5.74) is 8.60. The van der Waals surface area contributed by atoms with Crippen molar-refractivity contribution in [2.24, 2.45) is 0 Å². The van der Waals surface area contributed by atoms with E-state index in [1.807, 2.05) is 31.2 Å². The number of nitrogens with two attached hydrogens (primary N) is 2. The highest BCUT2D eigenvalue weighted by Crippen LogP contribution is 2.30. The van der Waals surface area contributed by atoms with Crippen LogP contribution in [0.25, 0.3) is 22.5 Å². The third-order valence-electron chi connectivity index (χ3n) is 4.59. The molecule has 0 fully saturated rings. The number of hydrogen-bond donors (Lipinski definition) is 2. The topological polar surface area (TPSA) is 148 Å². The number of esters is 1. The zero-order valence-corrected chi connectivity index (χ0v) is 18.1. The minimum Gasteiger partial charge on any atom is -0.462 e. The zero-order valence-electron chi connectivity index (χ0n) is 17.2. The molecule has 0 radical (unpaired) electrons. The van der Waals surface area contributed by atoms with Gasteiger partial charge in [-0.3, -0.25) is 0 Å². The number of aryl methyl sites for hydroxylation is 2. The molecule has 10 nitrogen and oxygen atoms in total. The van der Waals surface area contributed by atoms with Crippen molar-refractivity contribution in [1.29, 1.82) is 0 Å². The summed E-state index contributed by atoms with van der Waals surface area (Å²) >= 11 is 1.31. The van der Waals surface area contributed by atoms with Crippen LogP contribution < -0.4 is 11.6 Å². The van der Waals surface area contributed by atoms with E-state index in [1.165, 1.54) is 16.4 Å². The highest BCUT2D eigenvalue weighted by molar-refractivity contribution is 7.98. The number of benzene rings is 1. The van der Waals surface area contributed by atoms with E-state index in [0.717, 1.165) is 11.1 Å². The first-order valence-electron chi connectivity index (χ1n) is 9.52. The first-order chi connectivity index (χ1) is 14.9. The average Bonchev–Trinajstić information content (AvgIpc) is 3.26. The van der Waals surface area contributed by atoms with Crippen LogP contribution in [-0.4, -0.2) is 37.4 Å². The van der Waals surface area contributed by atoms with Crippen molar-refractivity contribution in [3.63, 3.8) is 0 Å². The van der Waals surface area contributed by atoms with Gasteiger partial charge in [-0.25, -0.2) is 14.5 Å². The lowest BCUT2D eigenvalue weighted by molar-refractivity contribution is 0.0526. The molecular formula is C20H21N7O3S. The third-order valence-corrected chi connectivity index (χ3v) is 5.53. The van der Waals surface area contributed by atoms with Crippen molar-refractivity contribution in [3.05, 3.63) is 47.0 Å². The number of furan rings is 1. The molecule has 1 aromatic carbocycles. The number of fused-ring (bicyclic) bond motifs is 1. The fraction of sp³-hybridized carbons (Fsp3) is 0.250. The molecule has 4 rings (SSSR count). The maximum Gasteiger partial charge on any atom is 0.342 e. The van der Waals surface area contributed by atoms with Gasteiger partial charge in [0.15, 0.2) is 5.82 Å². The number of hydrogen-bond acceptors (Lipinski definition) is 10. The molecule has 160 valence electrons. The van der Waals surface area contributed by atoms with Crippen molar-refractivity contribution in [3.8, 4) is 11.4 Å². The number of anilines is 1. The van der Waals surface area contributed by atoms with Crippen LogP contribution in [0, 0.1) is 13.8 Å². The molecule has 0 bridgehead atoms. The Kier molecular flexibility index (Phi) is 5.51. The molecule has 11 heteroatoms. The van der Waals surface area contributed by atoms with Gasteiger partial charge in [0, 0.05) is 5.56 Å². The highest BCUT2D eigenvalue weighted by Gasteiger charge is 2.24. The third kappa shape index (κ3) is 3.91. The summed E-state index contributed by atoms with van der Waals surface area (Å²) in [6.45, 7) is 5.64. The highest BCUT2D eigenvalue weighted by atomic mass is 32.2. The molecule has 0 amide bonds. The Morgan fingerprint density at radius 2 is 1.94 bits per heavy atom. The fourth-order valence-electron chi connectivity index (χ4n) is 3.10. The summed E-state index contributed by atoms with van der Waals surface area (Å²) in [7, 11) is 0. The second kappa shape index (κ2) is 8.26. The average molecular weight is 440 g/mol. The summed E-state index contributed by atoms with van der Waals surface area (Å²) < 4.78 is 12.1. The molecule has 0 aliphatic heterocycles. The second-order valence-electron chi connectivity index (χ2n) is 6.79. The molecule has 4 aromatic rings. The van der Waals surface area contributed by atoms with Crippen LogP contribution in [0.2, 0.25) is 0 Å². The Morgan fingerprint density at radius 1 is 1.19 bits per heavy atom. The van der Waals surface area contributed by atoms with E-state index < -0.39 is 5.97 Å². The van der Waals surface area contributed by atoms with Crippen LogP contribution in [-0.2, 0) is 10.5 Å². The Labute approximate surface area is 182 Å². The predicted octanol–water partition coefficient (Wildman–Crippen LogP) is 2.86. The van der Waals surface area contributed by atoms with E-state index in [4.69, 9.17) is 20.7 Å². The number of rotatable bonds is 6. The van der Waals surface area contributed by atoms with Gasteiger partial charge >= 0.3 is 5.97 Å². The predicted molar refractivity (Wildman–Crippen MR) is 117 cm³/mol. The SMILES string of the molecule is CCOC(=O)c1c(C)oc2nc(CSc3nnc(-c4ccc(C)cc4)n3N)nc(N)c12. The van der Waals surface area contributed by atoms with Crippen LogP contribution in [0.5, 0.6) is 0 Å². The van der Waals surface area contributed by atoms with Gasteiger partial charge in [-0.1, -0.05) is 41.6 Å². The van der Waals surface area contributed by atoms with Gasteiger partial charge in [0.1, 0.15) is 23.0 Å². The number of thioether (sulfide) groups is 1. The smallest absolute Gasteiger partial charge is 0.342 e. The van der Waals surface area contributed by atoms with Gasteiger partial charge in [-0.05, 0) is 20.8 Å². The number of carbonyl (C=O) groups excluding carboxylic acids is 1. The molecular weight excluding hydrogens is 418 g/mol. The maximum absolute atomic E-state index is 12.2. The van der Waals surface area contributed by atoms with Crippen molar-refractivity contribution in [2.75, 3.05) is 18.2 Å². The Bertz CT molecular complexity index is 1260. The lowest BCUT2D eigenvalue weighted by Crippen LogP contribution is -2.11. The normalized spacial score (nSPS) is 11.2. The summed E-state index contributed by atoms with van der Waals surface area (Å²) in [5.74, 6) is 7.49. The second-order valence-corrected chi connectivity index (χ2v) is 7.73. The monoisotopic (exact) mass is 439 g/mol. The molecule has 0 aliphatic carbocycles. The number of nitrogens with zero attached hydrogens (tertiary/aromatic N) is 5. The van der Waals surface area contributed by atoms with Crippen LogP contribution in [0.4, 0.5) is 5.82 Å². The van der Waals surface area contributed by atoms with Crippen LogP contribution >= 0.6 is 11.8 Å². The summed E-state index contributed by atoms with van der Waals surface area (Å²) in [6.07, 6.45) is 0.